The third kappa shape index (κ3) is 4.55. The first-order valence-corrected chi connectivity index (χ1v) is 7.67. The molecular weight excluding hydrogens is 310 g/mol. The number of aliphatic imine (C=N–C) groups is 1. The lowest BCUT2D eigenvalue weighted by Gasteiger charge is -2.10. The van der Waals surface area contributed by atoms with E-state index < -0.39 is 17.9 Å². The molecule has 1 aromatic heterocycles. The maximum Gasteiger partial charge on any atom is 0.325 e. The van der Waals surface area contributed by atoms with Crippen LogP contribution in [0.1, 0.15) is 13.8 Å². The third-order valence-electron chi connectivity index (χ3n) is 3.11. The van der Waals surface area contributed by atoms with E-state index in [9.17, 15) is 9.59 Å². The minimum Gasteiger partial charge on any atom is -0.465 e. The van der Waals surface area contributed by atoms with Gasteiger partial charge >= 0.3 is 11.9 Å². The highest BCUT2D eigenvalue weighted by molar-refractivity contribution is 6.09. The molecular formula is C18H19NO5. The van der Waals surface area contributed by atoms with Crippen molar-refractivity contribution in [1.82, 2.24) is 0 Å². The molecule has 0 radical (unpaired) electrons. The lowest BCUT2D eigenvalue weighted by Crippen LogP contribution is -2.29. The Balaban J connectivity index is 2.20. The maximum absolute atomic E-state index is 11.9. The van der Waals surface area contributed by atoms with Crippen molar-refractivity contribution < 1.29 is 23.5 Å². The van der Waals surface area contributed by atoms with Gasteiger partial charge in [0, 0.05) is 11.8 Å². The van der Waals surface area contributed by atoms with Gasteiger partial charge in [-0.15, -0.1) is 0 Å². The van der Waals surface area contributed by atoms with Gasteiger partial charge in [0.05, 0.1) is 25.2 Å². The molecule has 24 heavy (non-hydrogen) atoms. The molecule has 0 N–H and O–H groups in total. The van der Waals surface area contributed by atoms with Gasteiger partial charge in [-0.2, -0.15) is 0 Å². The average molecular weight is 329 g/mol. The van der Waals surface area contributed by atoms with Crippen molar-refractivity contribution in [3.63, 3.8) is 0 Å². The van der Waals surface area contributed by atoms with Gasteiger partial charge in [-0.3, -0.25) is 14.6 Å². The van der Waals surface area contributed by atoms with E-state index in [1.165, 1.54) is 6.21 Å². The molecule has 1 heterocycles. The van der Waals surface area contributed by atoms with Crippen molar-refractivity contribution in [2.45, 2.75) is 13.8 Å². The fraction of sp³-hybridized carbons (Fsp3) is 0.278. The van der Waals surface area contributed by atoms with E-state index in [1.54, 1.807) is 38.3 Å². The number of hydrogen-bond donors (Lipinski definition) is 0. The van der Waals surface area contributed by atoms with Crippen LogP contribution < -0.4 is 0 Å². The molecule has 0 aliphatic carbocycles. The summed E-state index contributed by atoms with van der Waals surface area (Å²) in [6, 6.07) is 10.9. The second kappa shape index (κ2) is 8.67. The molecule has 0 aliphatic rings. The predicted octanol–water partition coefficient (Wildman–Crippen LogP) is 3.39. The highest BCUT2D eigenvalue weighted by Crippen LogP contribution is 2.24. The number of hydrogen-bond acceptors (Lipinski definition) is 6. The van der Waals surface area contributed by atoms with Crippen LogP contribution in [-0.4, -0.2) is 31.4 Å². The number of ether oxygens (including phenoxy) is 2. The number of esters is 2. The molecule has 126 valence electrons. The van der Waals surface area contributed by atoms with Crippen molar-refractivity contribution in [1.29, 1.82) is 0 Å². The second-order valence-electron chi connectivity index (χ2n) is 4.79. The van der Waals surface area contributed by atoms with E-state index in [-0.39, 0.29) is 13.2 Å². The Hall–Kier alpha value is -2.89. The molecule has 0 fully saturated rings. The molecule has 2 rings (SSSR count). The minimum atomic E-state index is -1.18. The Kier molecular flexibility index (Phi) is 6.31. The topological polar surface area (TPSA) is 78.1 Å². The molecule has 0 aliphatic heterocycles. The molecule has 0 amide bonds. The number of rotatable bonds is 7. The molecule has 0 unspecified atom stereocenters. The van der Waals surface area contributed by atoms with Gasteiger partial charge in [0.25, 0.3) is 0 Å². The lowest BCUT2D eigenvalue weighted by molar-refractivity contribution is -0.157. The second-order valence-corrected chi connectivity index (χ2v) is 4.79. The summed E-state index contributed by atoms with van der Waals surface area (Å²) in [5.41, 5.74) is 1.43. The van der Waals surface area contributed by atoms with Crippen LogP contribution in [0.4, 0.5) is 5.69 Å². The van der Waals surface area contributed by atoms with Crippen LogP contribution in [0.25, 0.3) is 11.3 Å². The number of carbonyl (C=O) groups is 2. The molecule has 2 aromatic rings. The lowest BCUT2D eigenvalue weighted by atomic mass is 10.1. The van der Waals surface area contributed by atoms with Crippen LogP contribution >= 0.6 is 0 Å². The van der Waals surface area contributed by atoms with Gasteiger partial charge < -0.3 is 13.9 Å². The van der Waals surface area contributed by atoms with E-state index in [1.807, 2.05) is 18.2 Å². The van der Waals surface area contributed by atoms with Crippen molar-refractivity contribution in [2.24, 2.45) is 10.9 Å². The third-order valence-corrected chi connectivity index (χ3v) is 3.11. The molecule has 0 saturated carbocycles. The molecule has 6 nitrogen and oxygen atoms in total. The normalized spacial score (nSPS) is 11.0. The highest BCUT2D eigenvalue weighted by Gasteiger charge is 2.27. The zero-order valence-electron chi connectivity index (χ0n) is 13.6. The molecule has 0 atom stereocenters. The van der Waals surface area contributed by atoms with Gasteiger partial charge in [0.1, 0.15) is 5.76 Å². The first-order chi connectivity index (χ1) is 11.7. The fourth-order valence-corrected chi connectivity index (χ4v) is 2.02. The summed E-state index contributed by atoms with van der Waals surface area (Å²) in [7, 11) is 0. The summed E-state index contributed by atoms with van der Waals surface area (Å²) in [5, 5.41) is 0. The van der Waals surface area contributed by atoms with Crippen molar-refractivity contribution >= 4 is 23.8 Å². The van der Waals surface area contributed by atoms with Crippen molar-refractivity contribution in [2.75, 3.05) is 13.2 Å². The van der Waals surface area contributed by atoms with Crippen LogP contribution in [0, 0.1) is 5.92 Å². The van der Waals surface area contributed by atoms with Crippen LogP contribution in [-0.2, 0) is 19.1 Å². The quantitative estimate of drug-likeness (QED) is 0.442. The number of furan rings is 1. The molecule has 0 saturated heterocycles. The first-order valence-electron chi connectivity index (χ1n) is 7.67. The maximum atomic E-state index is 11.9. The van der Waals surface area contributed by atoms with Gasteiger partial charge in [0.15, 0.2) is 5.92 Å². The van der Waals surface area contributed by atoms with E-state index in [0.29, 0.717) is 11.4 Å². The van der Waals surface area contributed by atoms with Gasteiger partial charge in [-0.1, -0.05) is 12.1 Å². The first kappa shape index (κ1) is 17.5. The van der Waals surface area contributed by atoms with Crippen molar-refractivity contribution in [3.05, 3.63) is 42.7 Å². The van der Waals surface area contributed by atoms with E-state index >= 15 is 0 Å². The molecule has 1 aromatic carbocycles. The summed E-state index contributed by atoms with van der Waals surface area (Å²) >= 11 is 0. The summed E-state index contributed by atoms with van der Waals surface area (Å²) in [6.07, 6.45) is 2.83. The summed E-state index contributed by atoms with van der Waals surface area (Å²) in [4.78, 5) is 28.0. The minimum absolute atomic E-state index is 0.177. The number of nitrogens with zero attached hydrogens (tertiary/aromatic N) is 1. The SMILES string of the molecule is CCOC(=O)C(C=Nc1cccc(-c2ccco2)c1)C(=O)OCC. The molecule has 0 spiro atoms. The molecule has 0 bridgehead atoms. The van der Waals surface area contributed by atoms with Crippen LogP contribution in [0.5, 0.6) is 0 Å². The Bertz CT molecular complexity index is 688. The Morgan fingerprint density at radius 1 is 1.12 bits per heavy atom. The van der Waals surface area contributed by atoms with E-state index in [2.05, 4.69) is 4.99 Å². The van der Waals surface area contributed by atoms with E-state index in [4.69, 9.17) is 13.9 Å². The average Bonchev–Trinajstić information content (AvgIpc) is 3.10. The zero-order valence-corrected chi connectivity index (χ0v) is 13.6. The summed E-state index contributed by atoms with van der Waals surface area (Å²) in [6.45, 7) is 3.70. The van der Waals surface area contributed by atoms with Gasteiger partial charge in [-0.25, -0.2) is 0 Å². The van der Waals surface area contributed by atoms with Gasteiger partial charge in [0.2, 0.25) is 0 Å². The summed E-state index contributed by atoms with van der Waals surface area (Å²) < 4.78 is 15.1. The Labute approximate surface area is 140 Å². The Morgan fingerprint density at radius 3 is 2.42 bits per heavy atom. The Morgan fingerprint density at radius 2 is 1.83 bits per heavy atom. The standard InChI is InChI=1S/C18H19NO5/c1-3-22-17(20)15(18(21)23-4-2)12-19-14-8-5-7-13(11-14)16-9-6-10-24-16/h5-12,15H,3-4H2,1-2H3. The smallest absolute Gasteiger partial charge is 0.325 e. The predicted molar refractivity (Wildman–Crippen MR) is 89.1 cm³/mol. The van der Waals surface area contributed by atoms with E-state index in [0.717, 1.165) is 5.56 Å². The zero-order chi connectivity index (χ0) is 17.4. The van der Waals surface area contributed by atoms with Crippen LogP contribution in [0.2, 0.25) is 0 Å². The van der Waals surface area contributed by atoms with Crippen LogP contribution in [0.3, 0.4) is 0 Å². The van der Waals surface area contributed by atoms with Gasteiger partial charge in [-0.05, 0) is 38.1 Å². The number of benzene rings is 1. The largest absolute Gasteiger partial charge is 0.465 e. The number of carbonyl (C=O) groups excluding carboxylic acids is 2. The summed E-state index contributed by atoms with van der Waals surface area (Å²) in [5.74, 6) is -1.83. The van der Waals surface area contributed by atoms with Crippen LogP contribution in [0.15, 0.2) is 52.1 Å². The fourth-order valence-electron chi connectivity index (χ4n) is 2.02. The van der Waals surface area contributed by atoms with Crippen molar-refractivity contribution in [3.8, 4) is 11.3 Å². The molecule has 6 heteroatoms. The monoisotopic (exact) mass is 329 g/mol. The highest BCUT2D eigenvalue weighted by atomic mass is 16.6.